The number of carboxylic acids is 1. The van der Waals surface area contributed by atoms with Gasteiger partial charge in [-0.05, 0) is 71.5 Å². The van der Waals surface area contributed by atoms with Gasteiger partial charge in [-0.2, -0.15) is 0 Å². The summed E-state index contributed by atoms with van der Waals surface area (Å²) in [6, 6.07) is 19.0. The fourth-order valence-corrected chi connectivity index (χ4v) is 4.54. The summed E-state index contributed by atoms with van der Waals surface area (Å²) in [4.78, 5) is 11.7. The molecule has 166 valence electrons. The molecule has 0 saturated carbocycles. The highest BCUT2D eigenvalue weighted by Gasteiger charge is 2.24. The number of hydrogen-bond acceptors (Lipinski definition) is 4. The number of hydrogen-bond donors (Lipinski definition) is 3. The molecule has 0 amide bonds. The van der Waals surface area contributed by atoms with E-state index in [1.165, 1.54) is 11.6 Å². The molecule has 5 nitrogen and oxygen atoms in total. The first-order valence-electron chi connectivity index (χ1n) is 10.5. The molecule has 0 saturated heterocycles. The van der Waals surface area contributed by atoms with Crippen molar-refractivity contribution in [3.8, 4) is 11.5 Å². The summed E-state index contributed by atoms with van der Waals surface area (Å²) in [6.45, 7) is 0. The lowest BCUT2D eigenvalue weighted by Gasteiger charge is -2.24. The number of aromatic carboxylic acids is 1. The fourth-order valence-electron chi connectivity index (χ4n) is 4.22. The summed E-state index contributed by atoms with van der Waals surface area (Å²) >= 11 is 12.1. The van der Waals surface area contributed by atoms with Crippen molar-refractivity contribution in [3.05, 3.63) is 87.4 Å². The van der Waals surface area contributed by atoms with Gasteiger partial charge in [-0.25, -0.2) is 4.79 Å². The van der Waals surface area contributed by atoms with E-state index >= 15 is 0 Å². The Bertz CT molecular complexity index is 1420. The number of halogens is 2. The van der Waals surface area contributed by atoms with Crippen LogP contribution < -0.4 is 15.8 Å². The lowest BCUT2D eigenvalue weighted by molar-refractivity contribution is 0.0697. The van der Waals surface area contributed by atoms with E-state index < -0.39 is 5.97 Å². The molecular weight excluding hydrogens is 459 g/mol. The van der Waals surface area contributed by atoms with E-state index in [1.54, 1.807) is 6.07 Å². The highest BCUT2D eigenvalue weighted by atomic mass is 35.5. The average Bonchev–Trinajstić information content (AvgIpc) is 2.78. The van der Waals surface area contributed by atoms with Gasteiger partial charge in [-0.3, -0.25) is 0 Å². The molecule has 1 aliphatic rings. The van der Waals surface area contributed by atoms with E-state index in [0.29, 0.717) is 32.9 Å². The van der Waals surface area contributed by atoms with Crippen molar-refractivity contribution in [1.82, 2.24) is 0 Å². The van der Waals surface area contributed by atoms with Crippen LogP contribution in [0.2, 0.25) is 10.0 Å². The molecule has 0 radical (unpaired) electrons. The number of fused-ring (bicyclic) bond motifs is 3. The number of nitrogen functional groups attached to an aromatic ring is 1. The monoisotopic (exact) mass is 478 g/mol. The fraction of sp³-hybridized carbons (Fsp3) is 0.115. The summed E-state index contributed by atoms with van der Waals surface area (Å²) < 4.78 is 6.08. The van der Waals surface area contributed by atoms with E-state index in [4.69, 9.17) is 33.7 Å². The van der Waals surface area contributed by atoms with Crippen molar-refractivity contribution in [2.45, 2.75) is 19.3 Å². The van der Waals surface area contributed by atoms with Gasteiger partial charge < -0.3 is 20.9 Å². The van der Waals surface area contributed by atoms with Gasteiger partial charge in [0.1, 0.15) is 0 Å². The molecule has 4 aromatic rings. The van der Waals surface area contributed by atoms with Crippen molar-refractivity contribution in [1.29, 1.82) is 0 Å². The highest BCUT2D eigenvalue weighted by Crippen LogP contribution is 2.46. The Morgan fingerprint density at radius 3 is 2.61 bits per heavy atom. The zero-order chi connectivity index (χ0) is 23.1. The van der Waals surface area contributed by atoms with Crippen LogP contribution >= 0.6 is 23.2 Å². The maximum Gasteiger partial charge on any atom is 0.338 e. The summed E-state index contributed by atoms with van der Waals surface area (Å²) in [5.74, 6) is -0.0339. The number of anilines is 3. The molecule has 0 spiro atoms. The van der Waals surface area contributed by atoms with Crippen molar-refractivity contribution in [2.24, 2.45) is 0 Å². The topological polar surface area (TPSA) is 84.6 Å². The van der Waals surface area contributed by atoms with Crippen LogP contribution in [0, 0.1) is 0 Å². The maximum atomic E-state index is 11.7. The Morgan fingerprint density at radius 1 is 0.970 bits per heavy atom. The zero-order valence-electron chi connectivity index (χ0n) is 17.5. The Kier molecular flexibility index (Phi) is 5.52. The van der Waals surface area contributed by atoms with Crippen molar-refractivity contribution in [3.63, 3.8) is 0 Å². The molecule has 0 aromatic heterocycles. The third kappa shape index (κ3) is 4.17. The molecule has 0 aliphatic carbocycles. The Hall–Kier alpha value is -3.41. The van der Waals surface area contributed by atoms with Gasteiger partial charge in [0.15, 0.2) is 11.5 Å². The predicted molar refractivity (Wildman–Crippen MR) is 134 cm³/mol. The lowest BCUT2D eigenvalue weighted by atomic mass is 9.97. The normalized spacial score (nSPS) is 11.9. The second-order valence-electron chi connectivity index (χ2n) is 8.06. The van der Waals surface area contributed by atoms with Gasteiger partial charge in [0.05, 0.1) is 27.0 Å². The smallest absolute Gasteiger partial charge is 0.338 e. The van der Waals surface area contributed by atoms with E-state index in [0.717, 1.165) is 41.3 Å². The first-order chi connectivity index (χ1) is 15.9. The van der Waals surface area contributed by atoms with Gasteiger partial charge >= 0.3 is 5.97 Å². The van der Waals surface area contributed by atoms with Crippen LogP contribution in [0.15, 0.2) is 60.7 Å². The number of nitrogens with two attached hydrogens (primary N) is 1. The molecule has 4 aromatic carbocycles. The Morgan fingerprint density at radius 2 is 1.82 bits per heavy atom. The minimum Gasteiger partial charge on any atom is -0.478 e. The Labute approximate surface area is 200 Å². The molecule has 1 heterocycles. The number of nitrogens with one attached hydrogen (secondary N) is 1. The zero-order valence-corrected chi connectivity index (χ0v) is 19.0. The third-order valence-corrected chi connectivity index (χ3v) is 6.54. The van der Waals surface area contributed by atoms with Crippen molar-refractivity contribution < 1.29 is 14.6 Å². The van der Waals surface area contributed by atoms with Crippen LogP contribution in [-0.2, 0) is 12.8 Å². The molecule has 0 fully saturated rings. The van der Waals surface area contributed by atoms with Crippen LogP contribution in [-0.4, -0.2) is 11.1 Å². The van der Waals surface area contributed by atoms with Crippen LogP contribution in [0.25, 0.3) is 10.8 Å². The predicted octanol–water partition coefficient (Wildman–Crippen LogP) is 7.45. The molecular formula is C26H20Cl2N2O3. The van der Waals surface area contributed by atoms with Crippen molar-refractivity contribution in [2.75, 3.05) is 11.1 Å². The number of rotatable bonds is 5. The number of benzene rings is 4. The molecule has 0 atom stereocenters. The number of carboxylic acid groups (broad SMARTS) is 1. The average molecular weight is 479 g/mol. The van der Waals surface area contributed by atoms with Gasteiger partial charge in [0.25, 0.3) is 0 Å². The standard InChI is InChI=1S/C26H20Cl2N2O3/c27-20-8-7-14(9-21(20)28)3-1-4-15-5-2-6-16-10-22-23(13-18(15)16)33-24-12-17(29)11-19(26(31)32)25(24)30-22/h2,5-13,30H,1,3-4,29H2,(H,31,32). The molecule has 0 unspecified atom stereocenters. The van der Waals surface area contributed by atoms with Crippen LogP contribution in [0.1, 0.15) is 27.9 Å². The van der Waals surface area contributed by atoms with Gasteiger partial charge in [-0.1, -0.05) is 47.5 Å². The molecule has 5 rings (SSSR count). The van der Waals surface area contributed by atoms with Crippen LogP contribution in [0.5, 0.6) is 11.5 Å². The van der Waals surface area contributed by atoms with E-state index in [2.05, 4.69) is 11.4 Å². The minimum absolute atomic E-state index is 0.0757. The van der Waals surface area contributed by atoms with Crippen LogP contribution in [0.4, 0.5) is 17.1 Å². The summed E-state index contributed by atoms with van der Waals surface area (Å²) in [6.07, 6.45) is 2.73. The molecule has 7 heteroatoms. The second-order valence-corrected chi connectivity index (χ2v) is 8.88. The Balaban J connectivity index is 1.43. The quantitative estimate of drug-likeness (QED) is 0.228. The SMILES string of the molecule is Nc1cc2c(c(C(=O)O)c1)Nc1cc3cccc(CCCc4ccc(Cl)c(Cl)c4)c3cc1O2. The number of carbonyl (C=O) groups is 1. The lowest BCUT2D eigenvalue weighted by Crippen LogP contribution is -2.10. The van der Waals surface area contributed by atoms with Gasteiger partial charge in [0.2, 0.25) is 0 Å². The third-order valence-electron chi connectivity index (χ3n) is 5.80. The first kappa shape index (κ1) is 21.4. The maximum absolute atomic E-state index is 11.7. The minimum atomic E-state index is -1.07. The second kappa shape index (κ2) is 8.50. The van der Waals surface area contributed by atoms with E-state index in [9.17, 15) is 9.90 Å². The molecule has 1 aliphatic heterocycles. The summed E-state index contributed by atoms with van der Waals surface area (Å²) in [5.41, 5.74) is 9.78. The van der Waals surface area contributed by atoms with Crippen molar-refractivity contribution >= 4 is 57.0 Å². The largest absolute Gasteiger partial charge is 0.478 e. The van der Waals surface area contributed by atoms with Gasteiger partial charge in [-0.15, -0.1) is 0 Å². The first-order valence-corrected chi connectivity index (χ1v) is 11.3. The number of aryl methyl sites for hydroxylation is 2. The van der Waals surface area contributed by atoms with E-state index in [-0.39, 0.29) is 5.56 Å². The van der Waals surface area contributed by atoms with Gasteiger partial charge in [0, 0.05) is 11.8 Å². The summed E-state index contributed by atoms with van der Waals surface area (Å²) in [5, 5.41) is 16.0. The van der Waals surface area contributed by atoms with E-state index in [1.807, 2.05) is 42.5 Å². The molecule has 33 heavy (non-hydrogen) atoms. The highest BCUT2D eigenvalue weighted by molar-refractivity contribution is 6.42. The molecule has 0 bridgehead atoms. The molecule has 4 N–H and O–H groups in total. The number of ether oxygens (including phenoxy) is 1. The van der Waals surface area contributed by atoms with Crippen LogP contribution in [0.3, 0.4) is 0 Å². The summed E-state index contributed by atoms with van der Waals surface area (Å²) in [7, 11) is 0.